The lowest BCUT2D eigenvalue weighted by Gasteiger charge is -2.18. The summed E-state index contributed by atoms with van der Waals surface area (Å²) in [6.45, 7) is 8.70. The topological polar surface area (TPSA) is 32.3 Å². The number of aliphatic hydroxyl groups excluding tert-OH is 1. The summed E-state index contributed by atoms with van der Waals surface area (Å²) in [5, 5.41) is 12.7. The summed E-state index contributed by atoms with van der Waals surface area (Å²) in [6, 6.07) is 7.29. The van der Waals surface area contributed by atoms with Crippen molar-refractivity contribution in [2.75, 3.05) is 12.4 Å². The van der Waals surface area contributed by atoms with Crippen LogP contribution in [0.5, 0.6) is 0 Å². The van der Waals surface area contributed by atoms with Crippen molar-refractivity contribution in [1.82, 2.24) is 5.32 Å². The zero-order valence-corrected chi connectivity index (χ0v) is 12.7. The Kier molecular flexibility index (Phi) is 6.76. The molecule has 18 heavy (non-hydrogen) atoms. The first-order valence-electron chi connectivity index (χ1n) is 6.53. The summed E-state index contributed by atoms with van der Waals surface area (Å²) >= 11 is 1.88. The highest BCUT2D eigenvalue weighted by molar-refractivity contribution is 7.98. The van der Waals surface area contributed by atoms with Gasteiger partial charge < -0.3 is 10.4 Å². The molecule has 102 valence electrons. The third kappa shape index (κ3) is 5.89. The smallest absolute Gasteiger partial charge is 0.0592 e. The second-order valence-electron chi connectivity index (χ2n) is 5.21. The molecule has 0 aromatic heterocycles. The lowest BCUT2D eigenvalue weighted by Crippen LogP contribution is -2.39. The van der Waals surface area contributed by atoms with E-state index in [4.69, 9.17) is 0 Å². The number of nitrogens with one attached hydrogen (secondary N) is 1. The van der Waals surface area contributed by atoms with Gasteiger partial charge in [0.25, 0.3) is 0 Å². The highest BCUT2D eigenvalue weighted by Crippen LogP contribution is 2.16. The Bertz CT molecular complexity index is 345. The van der Waals surface area contributed by atoms with Crippen LogP contribution in [0.15, 0.2) is 18.2 Å². The average molecular weight is 267 g/mol. The molecule has 0 saturated heterocycles. The van der Waals surface area contributed by atoms with Gasteiger partial charge in [-0.15, -0.1) is 0 Å². The second kappa shape index (κ2) is 7.82. The van der Waals surface area contributed by atoms with Gasteiger partial charge in [-0.2, -0.15) is 11.8 Å². The van der Waals surface area contributed by atoms with Gasteiger partial charge in [0.15, 0.2) is 0 Å². The van der Waals surface area contributed by atoms with E-state index >= 15 is 0 Å². The summed E-state index contributed by atoms with van der Waals surface area (Å²) in [7, 11) is 0. The van der Waals surface area contributed by atoms with E-state index in [-0.39, 0.29) is 12.6 Å². The first-order valence-corrected chi connectivity index (χ1v) is 7.68. The SMILES string of the molecule is Cc1cc(C)cc(CSCC(CO)NC(C)C)c1. The van der Waals surface area contributed by atoms with E-state index in [0.29, 0.717) is 6.04 Å². The molecular weight excluding hydrogens is 242 g/mol. The zero-order valence-electron chi connectivity index (χ0n) is 11.9. The molecule has 0 radical (unpaired) electrons. The van der Waals surface area contributed by atoms with E-state index in [1.165, 1.54) is 16.7 Å². The lowest BCUT2D eigenvalue weighted by molar-refractivity contribution is 0.247. The minimum absolute atomic E-state index is 0.195. The predicted octanol–water partition coefficient (Wildman–Crippen LogP) is 2.90. The summed E-state index contributed by atoms with van der Waals surface area (Å²) in [5.41, 5.74) is 4.02. The van der Waals surface area contributed by atoms with Crippen molar-refractivity contribution < 1.29 is 5.11 Å². The molecule has 0 aliphatic rings. The standard InChI is InChI=1S/C15H25NOS/c1-11(2)16-15(8-17)10-18-9-14-6-12(3)5-13(4)7-14/h5-7,11,15-17H,8-10H2,1-4H3. The molecule has 0 aliphatic heterocycles. The van der Waals surface area contributed by atoms with Crippen LogP contribution in [0.1, 0.15) is 30.5 Å². The highest BCUT2D eigenvalue weighted by Gasteiger charge is 2.08. The van der Waals surface area contributed by atoms with Crippen molar-refractivity contribution in [3.05, 3.63) is 34.9 Å². The van der Waals surface area contributed by atoms with E-state index in [1.807, 2.05) is 11.8 Å². The molecule has 3 heteroatoms. The monoisotopic (exact) mass is 267 g/mol. The Labute approximate surface area is 115 Å². The molecule has 2 N–H and O–H groups in total. The molecule has 1 aromatic carbocycles. The van der Waals surface area contributed by atoms with Crippen LogP contribution in [0, 0.1) is 13.8 Å². The molecule has 2 nitrogen and oxygen atoms in total. The minimum Gasteiger partial charge on any atom is -0.395 e. The third-order valence-corrected chi connectivity index (χ3v) is 3.83. The Balaban J connectivity index is 2.40. The van der Waals surface area contributed by atoms with Crippen molar-refractivity contribution >= 4 is 11.8 Å². The second-order valence-corrected chi connectivity index (χ2v) is 6.24. The molecule has 1 aromatic rings. The number of benzene rings is 1. The quantitative estimate of drug-likeness (QED) is 0.797. The number of aryl methyl sites for hydroxylation is 2. The van der Waals surface area contributed by atoms with Gasteiger partial charge >= 0.3 is 0 Å². The maximum atomic E-state index is 9.28. The molecular formula is C15H25NOS. The van der Waals surface area contributed by atoms with Crippen LogP contribution >= 0.6 is 11.8 Å². The predicted molar refractivity (Wildman–Crippen MR) is 81.2 cm³/mol. The van der Waals surface area contributed by atoms with Crippen LogP contribution in [0.3, 0.4) is 0 Å². The van der Waals surface area contributed by atoms with Crippen molar-refractivity contribution in [2.45, 2.75) is 45.5 Å². The maximum absolute atomic E-state index is 9.28. The third-order valence-electron chi connectivity index (χ3n) is 2.66. The maximum Gasteiger partial charge on any atom is 0.0592 e. The van der Waals surface area contributed by atoms with Crippen LogP contribution in [0.25, 0.3) is 0 Å². The minimum atomic E-state index is 0.195. The summed E-state index contributed by atoms with van der Waals surface area (Å²) < 4.78 is 0. The first-order chi connectivity index (χ1) is 8.51. The Morgan fingerprint density at radius 2 is 1.78 bits per heavy atom. The average Bonchev–Trinajstić information content (AvgIpc) is 2.25. The van der Waals surface area contributed by atoms with Crippen LogP contribution in [0.4, 0.5) is 0 Å². The van der Waals surface area contributed by atoms with Crippen LogP contribution in [-0.2, 0) is 5.75 Å². The van der Waals surface area contributed by atoms with E-state index in [2.05, 4.69) is 51.2 Å². The van der Waals surface area contributed by atoms with Crippen LogP contribution in [-0.4, -0.2) is 29.5 Å². The first kappa shape index (κ1) is 15.5. The van der Waals surface area contributed by atoms with Gasteiger partial charge in [-0.05, 0) is 19.4 Å². The van der Waals surface area contributed by atoms with Crippen LogP contribution < -0.4 is 5.32 Å². The van der Waals surface area contributed by atoms with Gasteiger partial charge in [-0.25, -0.2) is 0 Å². The van der Waals surface area contributed by atoms with Crippen molar-refractivity contribution in [3.8, 4) is 0 Å². The van der Waals surface area contributed by atoms with Crippen molar-refractivity contribution in [2.24, 2.45) is 0 Å². The van der Waals surface area contributed by atoms with E-state index in [9.17, 15) is 5.11 Å². The van der Waals surface area contributed by atoms with Crippen molar-refractivity contribution in [1.29, 1.82) is 0 Å². The number of rotatable bonds is 7. The largest absolute Gasteiger partial charge is 0.395 e. The van der Waals surface area contributed by atoms with E-state index < -0.39 is 0 Å². The highest BCUT2D eigenvalue weighted by atomic mass is 32.2. The summed E-state index contributed by atoms with van der Waals surface area (Å²) in [5.74, 6) is 1.96. The molecule has 1 atom stereocenters. The Morgan fingerprint density at radius 1 is 1.17 bits per heavy atom. The molecule has 0 spiro atoms. The molecule has 1 unspecified atom stereocenters. The number of thioether (sulfide) groups is 1. The van der Waals surface area contributed by atoms with Gasteiger partial charge in [0.05, 0.1) is 6.61 Å². The Morgan fingerprint density at radius 3 is 2.28 bits per heavy atom. The van der Waals surface area contributed by atoms with Gasteiger partial charge in [-0.3, -0.25) is 0 Å². The summed E-state index contributed by atoms with van der Waals surface area (Å²) in [6.07, 6.45) is 0. The van der Waals surface area contributed by atoms with Gasteiger partial charge in [0, 0.05) is 23.6 Å². The van der Waals surface area contributed by atoms with Gasteiger partial charge in [0.1, 0.15) is 0 Å². The van der Waals surface area contributed by atoms with E-state index in [1.54, 1.807) is 0 Å². The van der Waals surface area contributed by atoms with E-state index in [0.717, 1.165) is 11.5 Å². The fraction of sp³-hybridized carbons (Fsp3) is 0.600. The Hall–Kier alpha value is -0.510. The van der Waals surface area contributed by atoms with Gasteiger partial charge in [-0.1, -0.05) is 43.2 Å². The molecule has 0 heterocycles. The molecule has 1 rings (SSSR count). The molecule has 0 fully saturated rings. The number of hydrogen-bond donors (Lipinski definition) is 2. The van der Waals surface area contributed by atoms with Crippen molar-refractivity contribution in [3.63, 3.8) is 0 Å². The number of aliphatic hydroxyl groups is 1. The fourth-order valence-electron chi connectivity index (χ4n) is 2.10. The molecule has 0 aliphatic carbocycles. The molecule has 0 amide bonds. The zero-order chi connectivity index (χ0) is 13.5. The fourth-order valence-corrected chi connectivity index (χ4v) is 3.10. The lowest BCUT2D eigenvalue weighted by atomic mass is 10.1. The molecule has 0 saturated carbocycles. The number of hydrogen-bond acceptors (Lipinski definition) is 3. The molecule has 0 bridgehead atoms. The summed E-state index contributed by atoms with van der Waals surface area (Å²) in [4.78, 5) is 0. The normalized spacial score (nSPS) is 13.0. The van der Waals surface area contributed by atoms with Crippen LogP contribution in [0.2, 0.25) is 0 Å². The van der Waals surface area contributed by atoms with Gasteiger partial charge in [0.2, 0.25) is 0 Å².